The van der Waals surface area contributed by atoms with Crippen LogP contribution in [-0.4, -0.2) is 56.2 Å². The van der Waals surface area contributed by atoms with Gasteiger partial charge in [0.2, 0.25) is 0 Å². The average Bonchev–Trinajstić information content (AvgIpc) is 2.84. The van der Waals surface area contributed by atoms with E-state index < -0.39 is 10.0 Å². The van der Waals surface area contributed by atoms with Crippen molar-refractivity contribution in [1.82, 2.24) is 9.21 Å². The minimum Gasteiger partial charge on any atom is -0.300 e. The number of halogens is 1. The molecule has 4 nitrogen and oxygen atoms in total. The molecule has 7 heteroatoms. The van der Waals surface area contributed by atoms with Gasteiger partial charge in [0.15, 0.2) is 0 Å². The van der Waals surface area contributed by atoms with Crippen LogP contribution in [0.3, 0.4) is 0 Å². The van der Waals surface area contributed by atoms with Crippen molar-refractivity contribution >= 4 is 33.0 Å². The lowest BCUT2D eigenvalue weighted by Crippen LogP contribution is -2.48. The zero-order valence-corrected chi connectivity index (χ0v) is 11.8. The molecule has 0 radical (unpaired) electrons. The highest BCUT2D eigenvalue weighted by molar-refractivity contribution is 7.91. The molecule has 0 N–H and O–H groups in total. The molecule has 0 atom stereocenters. The number of hydrogen-bond donors (Lipinski definition) is 0. The predicted molar refractivity (Wildman–Crippen MR) is 70.2 cm³/mol. The van der Waals surface area contributed by atoms with Crippen molar-refractivity contribution in [3.8, 4) is 0 Å². The number of nitrogens with zero attached hydrogens (tertiary/aromatic N) is 2. The first-order valence-electron chi connectivity index (χ1n) is 5.46. The van der Waals surface area contributed by atoms with E-state index in [9.17, 15) is 8.42 Å². The fourth-order valence-corrected chi connectivity index (χ4v) is 4.66. The van der Waals surface area contributed by atoms with Crippen molar-refractivity contribution in [2.24, 2.45) is 0 Å². The normalized spacial score (nSPS) is 19.6. The van der Waals surface area contributed by atoms with E-state index in [1.54, 1.807) is 21.8 Å². The quantitative estimate of drug-likeness (QED) is 0.786. The second-order valence-electron chi connectivity index (χ2n) is 3.87. The highest BCUT2D eigenvalue weighted by Gasteiger charge is 2.28. The lowest BCUT2D eigenvalue weighted by atomic mass is 10.4. The Morgan fingerprint density at radius 3 is 2.53 bits per heavy atom. The van der Waals surface area contributed by atoms with Crippen molar-refractivity contribution in [2.75, 3.05) is 38.6 Å². The molecule has 2 rings (SSSR count). The number of alkyl halides is 1. The second-order valence-corrected chi connectivity index (χ2v) is 7.36. The highest BCUT2D eigenvalue weighted by atomic mass is 35.5. The number of rotatable bonds is 4. The Hall–Kier alpha value is -0.140. The van der Waals surface area contributed by atoms with Crippen molar-refractivity contribution in [3.63, 3.8) is 0 Å². The zero-order chi connectivity index (χ0) is 12.3. The average molecular weight is 295 g/mol. The van der Waals surface area contributed by atoms with Gasteiger partial charge < -0.3 is 0 Å². The third kappa shape index (κ3) is 3.00. The first kappa shape index (κ1) is 13.3. The minimum absolute atomic E-state index is 0.434. The molecule has 0 spiro atoms. The van der Waals surface area contributed by atoms with Crippen LogP contribution in [0.1, 0.15) is 0 Å². The predicted octanol–water partition coefficient (Wildman–Crippen LogP) is 1.29. The summed E-state index contributed by atoms with van der Waals surface area (Å²) in [7, 11) is -3.26. The van der Waals surface area contributed by atoms with Gasteiger partial charge >= 0.3 is 0 Å². The van der Waals surface area contributed by atoms with Crippen LogP contribution in [0, 0.1) is 0 Å². The second kappa shape index (κ2) is 5.67. The molecular formula is C10H15ClN2O2S2. The summed E-state index contributed by atoms with van der Waals surface area (Å²) in [5, 5.41) is 1.79. The Kier molecular flexibility index (Phi) is 4.43. The van der Waals surface area contributed by atoms with Gasteiger partial charge in [-0.2, -0.15) is 4.31 Å². The van der Waals surface area contributed by atoms with E-state index >= 15 is 0 Å². The summed E-state index contributed by atoms with van der Waals surface area (Å²) in [5.74, 6) is 0.595. The van der Waals surface area contributed by atoms with E-state index in [0.29, 0.717) is 23.2 Å². The van der Waals surface area contributed by atoms with Crippen LogP contribution in [0.25, 0.3) is 0 Å². The first-order chi connectivity index (χ1) is 8.14. The van der Waals surface area contributed by atoms with Gasteiger partial charge in [0.25, 0.3) is 10.0 Å². The van der Waals surface area contributed by atoms with Gasteiger partial charge in [0, 0.05) is 38.6 Å². The molecule has 0 amide bonds. The van der Waals surface area contributed by atoms with E-state index in [-0.39, 0.29) is 0 Å². The van der Waals surface area contributed by atoms with Crippen molar-refractivity contribution < 1.29 is 8.42 Å². The summed E-state index contributed by atoms with van der Waals surface area (Å²) in [4.78, 5) is 2.19. The fourth-order valence-electron chi connectivity index (χ4n) is 1.85. The van der Waals surface area contributed by atoms with Crippen LogP contribution in [0.4, 0.5) is 0 Å². The van der Waals surface area contributed by atoms with Crippen molar-refractivity contribution in [2.45, 2.75) is 4.21 Å². The van der Waals surface area contributed by atoms with E-state index in [4.69, 9.17) is 11.6 Å². The molecule has 0 saturated carbocycles. The standard InChI is InChI=1S/C10H15ClN2O2S2/c11-3-4-12-5-7-13(8-6-12)17(14,15)10-2-1-9-16-10/h1-2,9H,3-8H2. The number of thiophene rings is 1. The molecule has 1 fully saturated rings. The minimum atomic E-state index is -3.26. The summed E-state index contributed by atoms with van der Waals surface area (Å²) in [6.45, 7) is 3.46. The van der Waals surface area contributed by atoms with Crippen LogP contribution < -0.4 is 0 Å². The first-order valence-corrected chi connectivity index (χ1v) is 8.32. The molecule has 0 aromatic carbocycles. The lowest BCUT2D eigenvalue weighted by Gasteiger charge is -2.33. The molecule has 1 aromatic rings. The van der Waals surface area contributed by atoms with Gasteiger partial charge in [-0.05, 0) is 11.4 Å². The number of sulfonamides is 1. The Morgan fingerprint density at radius 2 is 2.00 bits per heavy atom. The number of piperazine rings is 1. The van der Waals surface area contributed by atoms with E-state index in [1.165, 1.54) is 11.3 Å². The van der Waals surface area contributed by atoms with Crippen LogP contribution in [0.5, 0.6) is 0 Å². The van der Waals surface area contributed by atoms with E-state index in [2.05, 4.69) is 4.90 Å². The SMILES string of the molecule is O=S(=O)(c1cccs1)N1CCN(CCCl)CC1. The summed E-state index contributed by atoms with van der Waals surface area (Å²) < 4.78 is 26.4. The third-order valence-corrected chi connectivity index (χ3v) is 6.26. The monoisotopic (exact) mass is 294 g/mol. The van der Waals surface area contributed by atoms with Crippen LogP contribution in [0.2, 0.25) is 0 Å². The molecule has 1 aliphatic rings. The van der Waals surface area contributed by atoms with Gasteiger partial charge in [0.05, 0.1) is 0 Å². The molecule has 17 heavy (non-hydrogen) atoms. The molecule has 2 heterocycles. The van der Waals surface area contributed by atoms with Crippen LogP contribution in [-0.2, 0) is 10.0 Å². The Balaban J connectivity index is 2.01. The third-order valence-electron chi connectivity index (χ3n) is 2.82. The molecule has 1 aliphatic heterocycles. The maximum atomic E-state index is 12.2. The summed E-state index contributed by atoms with van der Waals surface area (Å²) in [6, 6.07) is 3.42. The van der Waals surface area contributed by atoms with Gasteiger partial charge in [-0.15, -0.1) is 22.9 Å². The molecule has 96 valence electrons. The zero-order valence-electron chi connectivity index (χ0n) is 9.38. The Labute approximate surface area is 111 Å². The van der Waals surface area contributed by atoms with Crippen LogP contribution >= 0.6 is 22.9 Å². The highest BCUT2D eigenvalue weighted by Crippen LogP contribution is 2.21. The number of hydrogen-bond acceptors (Lipinski definition) is 4. The smallest absolute Gasteiger partial charge is 0.252 e. The molecule has 1 saturated heterocycles. The molecular weight excluding hydrogens is 280 g/mol. The van der Waals surface area contributed by atoms with Crippen molar-refractivity contribution in [1.29, 1.82) is 0 Å². The van der Waals surface area contributed by atoms with Gasteiger partial charge in [0.1, 0.15) is 4.21 Å². The maximum absolute atomic E-state index is 12.2. The topological polar surface area (TPSA) is 40.6 Å². The molecule has 0 bridgehead atoms. The summed E-state index contributed by atoms with van der Waals surface area (Å²) in [6.07, 6.45) is 0. The maximum Gasteiger partial charge on any atom is 0.252 e. The summed E-state index contributed by atoms with van der Waals surface area (Å²) >= 11 is 6.94. The summed E-state index contributed by atoms with van der Waals surface area (Å²) in [5.41, 5.74) is 0. The van der Waals surface area contributed by atoms with E-state index in [0.717, 1.165) is 19.6 Å². The molecule has 0 unspecified atom stereocenters. The van der Waals surface area contributed by atoms with E-state index in [1.807, 2.05) is 0 Å². The van der Waals surface area contributed by atoms with Gasteiger partial charge in [-0.1, -0.05) is 6.07 Å². The van der Waals surface area contributed by atoms with Crippen molar-refractivity contribution in [3.05, 3.63) is 17.5 Å². The largest absolute Gasteiger partial charge is 0.300 e. The lowest BCUT2D eigenvalue weighted by molar-refractivity contribution is 0.197. The Morgan fingerprint density at radius 1 is 1.29 bits per heavy atom. The molecule has 0 aliphatic carbocycles. The van der Waals surface area contributed by atoms with Gasteiger partial charge in [-0.25, -0.2) is 8.42 Å². The molecule has 1 aromatic heterocycles. The Bertz CT molecular complexity index is 439. The fraction of sp³-hybridized carbons (Fsp3) is 0.600. The van der Waals surface area contributed by atoms with Gasteiger partial charge in [-0.3, -0.25) is 4.90 Å². The van der Waals surface area contributed by atoms with Crippen LogP contribution in [0.15, 0.2) is 21.7 Å².